The van der Waals surface area contributed by atoms with Gasteiger partial charge in [0.25, 0.3) is 0 Å². The molecule has 94 valence electrons. The molecule has 1 aromatic heterocycles. The highest BCUT2D eigenvalue weighted by Gasteiger charge is 2.10. The second-order valence-electron chi connectivity index (χ2n) is 3.77. The molecule has 0 fully saturated rings. The highest BCUT2D eigenvalue weighted by molar-refractivity contribution is 5.28. The van der Waals surface area contributed by atoms with Crippen molar-refractivity contribution in [2.24, 2.45) is 0 Å². The molecule has 6 nitrogen and oxygen atoms in total. The van der Waals surface area contributed by atoms with Crippen LogP contribution in [0.4, 0.5) is 0 Å². The van der Waals surface area contributed by atoms with Crippen molar-refractivity contribution >= 4 is 0 Å². The van der Waals surface area contributed by atoms with Crippen LogP contribution in [0, 0.1) is 0 Å². The minimum absolute atomic E-state index is 0.532. The summed E-state index contributed by atoms with van der Waals surface area (Å²) in [5.74, 6) is 0.532. The quantitative estimate of drug-likeness (QED) is 0.706. The topological polar surface area (TPSA) is 61.9 Å². The van der Waals surface area contributed by atoms with E-state index in [1.54, 1.807) is 24.3 Å². The minimum Gasteiger partial charge on any atom is -0.353 e. The Balaban J connectivity index is 2.03. The van der Waals surface area contributed by atoms with Crippen molar-refractivity contribution in [2.75, 3.05) is 0 Å². The average molecular weight is 254 g/mol. The molecule has 6 heteroatoms. The Morgan fingerprint density at radius 2 is 1.53 bits per heavy atom. The van der Waals surface area contributed by atoms with Gasteiger partial charge in [-0.05, 0) is 34.3 Å². The molecule has 0 bridgehead atoms. The standard InChI is InChI=1S/C13H10N4O2/c18-13-14-15-16(11-7-3-1-4-8-11)17(13)19-12-9-5-2-6-10-12/h1-10H. The maximum Gasteiger partial charge on any atom is 0.418 e. The summed E-state index contributed by atoms with van der Waals surface area (Å²) in [6.07, 6.45) is 0. The van der Waals surface area contributed by atoms with Crippen LogP contribution in [-0.2, 0) is 0 Å². The van der Waals surface area contributed by atoms with Crippen LogP contribution in [0.3, 0.4) is 0 Å². The zero-order valence-electron chi connectivity index (χ0n) is 9.88. The summed E-state index contributed by atoms with van der Waals surface area (Å²) in [6.45, 7) is 0. The lowest BCUT2D eigenvalue weighted by molar-refractivity contribution is 0.141. The molecule has 0 aliphatic rings. The van der Waals surface area contributed by atoms with Gasteiger partial charge < -0.3 is 4.84 Å². The fraction of sp³-hybridized carbons (Fsp3) is 0. The van der Waals surface area contributed by atoms with Crippen LogP contribution >= 0.6 is 0 Å². The van der Waals surface area contributed by atoms with Crippen molar-refractivity contribution in [3.63, 3.8) is 0 Å². The van der Waals surface area contributed by atoms with Gasteiger partial charge >= 0.3 is 5.69 Å². The number of tetrazole rings is 1. The zero-order chi connectivity index (χ0) is 13.1. The fourth-order valence-corrected chi connectivity index (χ4v) is 1.61. The van der Waals surface area contributed by atoms with Crippen LogP contribution in [0.1, 0.15) is 0 Å². The monoisotopic (exact) mass is 254 g/mol. The maximum absolute atomic E-state index is 11.7. The van der Waals surface area contributed by atoms with Crippen molar-refractivity contribution in [2.45, 2.75) is 0 Å². The molecule has 19 heavy (non-hydrogen) atoms. The van der Waals surface area contributed by atoms with Gasteiger partial charge in [-0.2, -0.15) is 0 Å². The van der Waals surface area contributed by atoms with Gasteiger partial charge in [-0.1, -0.05) is 41.5 Å². The molecule has 1 heterocycles. The first-order chi connectivity index (χ1) is 9.34. The Kier molecular flexibility index (Phi) is 2.82. The van der Waals surface area contributed by atoms with Crippen molar-refractivity contribution in [3.05, 3.63) is 71.1 Å². The molecule has 2 aromatic carbocycles. The number of aromatic nitrogens is 4. The van der Waals surface area contributed by atoms with E-state index < -0.39 is 5.69 Å². The SMILES string of the molecule is O=c1nnn(-c2ccccc2)n1Oc1ccccc1. The summed E-state index contributed by atoms with van der Waals surface area (Å²) in [4.78, 5) is 19.4. The van der Waals surface area contributed by atoms with E-state index in [2.05, 4.69) is 10.3 Å². The molecular weight excluding hydrogens is 244 g/mol. The Labute approximate surface area is 108 Å². The van der Waals surface area contributed by atoms with Crippen molar-refractivity contribution < 1.29 is 4.84 Å². The number of hydrogen-bond acceptors (Lipinski definition) is 4. The van der Waals surface area contributed by atoms with E-state index in [4.69, 9.17) is 4.84 Å². The van der Waals surface area contributed by atoms with Gasteiger partial charge in [0.05, 0.1) is 5.69 Å². The lowest BCUT2D eigenvalue weighted by Crippen LogP contribution is -2.27. The first-order valence-electron chi connectivity index (χ1n) is 5.68. The highest BCUT2D eigenvalue weighted by atomic mass is 16.7. The molecule has 0 saturated heterocycles. The molecule has 0 saturated carbocycles. The zero-order valence-corrected chi connectivity index (χ0v) is 9.88. The molecule has 3 aromatic rings. The van der Waals surface area contributed by atoms with Crippen LogP contribution in [-0.4, -0.2) is 20.0 Å². The van der Waals surface area contributed by atoms with E-state index in [0.29, 0.717) is 11.4 Å². The summed E-state index contributed by atoms with van der Waals surface area (Å²) in [5, 5.41) is 7.26. The van der Waals surface area contributed by atoms with Crippen LogP contribution < -0.4 is 10.5 Å². The van der Waals surface area contributed by atoms with E-state index >= 15 is 0 Å². The van der Waals surface area contributed by atoms with Crippen LogP contribution in [0.2, 0.25) is 0 Å². The smallest absolute Gasteiger partial charge is 0.353 e. The number of hydrogen-bond donors (Lipinski definition) is 0. The molecule has 0 N–H and O–H groups in total. The molecule has 0 amide bonds. The van der Waals surface area contributed by atoms with E-state index in [9.17, 15) is 4.79 Å². The van der Waals surface area contributed by atoms with Crippen molar-refractivity contribution in [1.82, 2.24) is 20.0 Å². The number of benzene rings is 2. The molecule has 0 radical (unpaired) electrons. The summed E-state index contributed by atoms with van der Waals surface area (Å²) >= 11 is 0. The third-order valence-corrected chi connectivity index (χ3v) is 2.47. The van der Waals surface area contributed by atoms with E-state index in [-0.39, 0.29) is 0 Å². The molecule has 0 spiro atoms. The lowest BCUT2D eigenvalue weighted by atomic mass is 10.3. The number of para-hydroxylation sites is 2. The van der Waals surface area contributed by atoms with Gasteiger partial charge in [0.15, 0.2) is 5.75 Å². The largest absolute Gasteiger partial charge is 0.418 e. The predicted octanol–water partition coefficient (Wildman–Crippen LogP) is 1.27. The third-order valence-electron chi connectivity index (χ3n) is 2.47. The van der Waals surface area contributed by atoms with E-state index in [1.165, 1.54) is 4.80 Å². The van der Waals surface area contributed by atoms with E-state index in [1.807, 2.05) is 36.4 Å². The third kappa shape index (κ3) is 2.23. The second kappa shape index (κ2) is 4.77. The van der Waals surface area contributed by atoms with Gasteiger partial charge in [0.2, 0.25) is 0 Å². The summed E-state index contributed by atoms with van der Waals surface area (Å²) in [7, 11) is 0. The Bertz CT molecular complexity index is 719. The summed E-state index contributed by atoms with van der Waals surface area (Å²) in [6, 6.07) is 18.2. The Morgan fingerprint density at radius 3 is 2.21 bits per heavy atom. The number of nitrogens with zero attached hydrogens (tertiary/aromatic N) is 4. The van der Waals surface area contributed by atoms with Crippen molar-refractivity contribution in [1.29, 1.82) is 0 Å². The molecule has 0 aliphatic heterocycles. The van der Waals surface area contributed by atoms with Crippen LogP contribution in [0.15, 0.2) is 65.5 Å². The molecular formula is C13H10N4O2. The summed E-state index contributed by atoms with van der Waals surface area (Å²) < 4.78 is 0. The Hall–Kier alpha value is -2.89. The van der Waals surface area contributed by atoms with Crippen LogP contribution in [0.25, 0.3) is 5.69 Å². The normalized spacial score (nSPS) is 10.3. The van der Waals surface area contributed by atoms with Gasteiger partial charge in [0, 0.05) is 0 Å². The second-order valence-corrected chi connectivity index (χ2v) is 3.77. The van der Waals surface area contributed by atoms with Gasteiger partial charge in [-0.15, -0.1) is 4.80 Å². The van der Waals surface area contributed by atoms with Gasteiger partial charge in [-0.25, -0.2) is 4.79 Å². The number of rotatable bonds is 3. The maximum atomic E-state index is 11.7. The summed E-state index contributed by atoms with van der Waals surface area (Å²) in [5.41, 5.74) is 0.112. The van der Waals surface area contributed by atoms with Crippen LogP contribution in [0.5, 0.6) is 5.75 Å². The molecule has 3 rings (SSSR count). The molecule has 0 aliphatic carbocycles. The predicted molar refractivity (Wildman–Crippen MR) is 68.1 cm³/mol. The van der Waals surface area contributed by atoms with Gasteiger partial charge in [0.1, 0.15) is 0 Å². The molecule has 0 unspecified atom stereocenters. The van der Waals surface area contributed by atoms with Gasteiger partial charge in [-0.3, -0.25) is 0 Å². The minimum atomic E-state index is -0.576. The van der Waals surface area contributed by atoms with Crippen molar-refractivity contribution in [3.8, 4) is 11.4 Å². The lowest BCUT2D eigenvalue weighted by Gasteiger charge is -2.08. The highest BCUT2D eigenvalue weighted by Crippen LogP contribution is 2.09. The average Bonchev–Trinajstić information content (AvgIpc) is 2.82. The fourth-order valence-electron chi connectivity index (χ4n) is 1.61. The molecule has 0 atom stereocenters. The Morgan fingerprint density at radius 1 is 0.895 bits per heavy atom. The first kappa shape index (κ1) is 11.2. The first-order valence-corrected chi connectivity index (χ1v) is 5.68. The van der Waals surface area contributed by atoms with E-state index in [0.717, 1.165) is 4.85 Å².